The van der Waals surface area contributed by atoms with E-state index >= 15 is 0 Å². The number of benzene rings is 2. The van der Waals surface area contributed by atoms with Gasteiger partial charge < -0.3 is 5.32 Å². The maximum Gasteiger partial charge on any atom is 0.188 e. The van der Waals surface area contributed by atoms with Crippen LogP contribution in [-0.2, 0) is 0 Å². The number of anilines is 2. The van der Waals surface area contributed by atoms with Gasteiger partial charge in [0.2, 0.25) is 0 Å². The quantitative estimate of drug-likeness (QED) is 0.497. The van der Waals surface area contributed by atoms with Gasteiger partial charge in [0.25, 0.3) is 0 Å². The highest BCUT2D eigenvalue weighted by Crippen LogP contribution is 2.29. The molecule has 0 unspecified atom stereocenters. The van der Waals surface area contributed by atoms with E-state index in [-0.39, 0.29) is 0 Å². The highest BCUT2D eigenvalue weighted by Gasteiger charge is 2.07. The van der Waals surface area contributed by atoms with E-state index in [0.29, 0.717) is 16.8 Å². The first-order chi connectivity index (χ1) is 11.7. The highest BCUT2D eigenvalue weighted by atomic mass is 35.5. The molecule has 4 rings (SSSR count). The van der Waals surface area contributed by atoms with Crippen molar-refractivity contribution in [3.63, 3.8) is 0 Å². The highest BCUT2D eigenvalue weighted by molar-refractivity contribution is 7.14. The molecular weight excluding hydrogens is 340 g/mol. The molecule has 6 heteroatoms. The van der Waals surface area contributed by atoms with Crippen molar-refractivity contribution < 1.29 is 0 Å². The number of nitrogens with one attached hydrogen (secondary N) is 1. The van der Waals surface area contributed by atoms with E-state index in [4.69, 9.17) is 11.6 Å². The Balaban J connectivity index is 1.63. The molecule has 0 spiro atoms. The van der Waals surface area contributed by atoms with Crippen LogP contribution in [0.15, 0.2) is 53.9 Å². The average Bonchev–Trinajstić information content (AvgIpc) is 3.02. The van der Waals surface area contributed by atoms with Gasteiger partial charge in [-0.25, -0.2) is 15.0 Å². The Labute approximate surface area is 148 Å². The van der Waals surface area contributed by atoms with Crippen LogP contribution >= 0.6 is 22.9 Å². The predicted octanol–water partition coefficient (Wildman–Crippen LogP) is 5.46. The summed E-state index contributed by atoms with van der Waals surface area (Å²) in [6.07, 6.45) is 0. The van der Waals surface area contributed by atoms with Crippen molar-refractivity contribution in [2.24, 2.45) is 0 Å². The van der Waals surface area contributed by atoms with Crippen LogP contribution in [-0.4, -0.2) is 15.0 Å². The van der Waals surface area contributed by atoms with Crippen molar-refractivity contribution in [1.29, 1.82) is 0 Å². The summed E-state index contributed by atoms with van der Waals surface area (Å²) in [7, 11) is 0. The van der Waals surface area contributed by atoms with E-state index in [2.05, 4.69) is 50.6 Å². The van der Waals surface area contributed by atoms with Crippen LogP contribution in [0.25, 0.3) is 22.0 Å². The maximum absolute atomic E-state index is 5.96. The monoisotopic (exact) mass is 352 g/mol. The number of halogens is 1. The number of thiazole rings is 1. The fourth-order valence-corrected chi connectivity index (χ4v) is 3.47. The maximum atomic E-state index is 5.96. The molecule has 0 saturated carbocycles. The van der Waals surface area contributed by atoms with Crippen LogP contribution in [0, 0.1) is 6.92 Å². The van der Waals surface area contributed by atoms with Crippen LogP contribution in [0.1, 0.15) is 5.82 Å². The van der Waals surface area contributed by atoms with Gasteiger partial charge in [-0.3, -0.25) is 0 Å². The fourth-order valence-electron chi connectivity index (χ4n) is 2.52. The summed E-state index contributed by atoms with van der Waals surface area (Å²) < 4.78 is 0. The van der Waals surface area contributed by atoms with Crippen molar-refractivity contribution in [2.45, 2.75) is 6.92 Å². The number of hydrogen-bond acceptors (Lipinski definition) is 5. The Morgan fingerprint density at radius 2 is 1.79 bits per heavy atom. The molecule has 2 aromatic carbocycles. The van der Waals surface area contributed by atoms with Crippen LogP contribution in [0.3, 0.4) is 0 Å². The minimum Gasteiger partial charge on any atom is -0.316 e. The molecule has 2 heterocycles. The smallest absolute Gasteiger partial charge is 0.188 e. The summed E-state index contributed by atoms with van der Waals surface area (Å²) in [5, 5.41) is 8.83. The summed E-state index contributed by atoms with van der Waals surface area (Å²) in [5.41, 5.74) is 2.03. The second-order valence-electron chi connectivity index (χ2n) is 5.35. The van der Waals surface area contributed by atoms with E-state index < -0.39 is 0 Å². The van der Waals surface area contributed by atoms with E-state index in [1.165, 1.54) is 22.1 Å². The molecule has 0 aliphatic carbocycles. The van der Waals surface area contributed by atoms with Crippen LogP contribution in [0.5, 0.6) is 0 Å². The molecule has 4 nitrogen and oxygen atoms in total. The second kappa shape index (κ2) is 6.19. The Hall–Kier alpha value is -2.50. The lowest BCUT2D eigenvalue weighted by atomic mass is 10.1. The van der Waals surface area contributed by atoms with E-state index in [1.807, 2.05) is 17.5 Å². The third kappa shape index (κ3) is 3.09. The summed E-state index contributed by atoms with van der Waals surface area (Å²) in [6, 6.07) is 16.3. The first-order valence-electron chi connectivity index (χ1n) is 7.40. The normalized spacial score (nSPS) is 10.9. The van der Waals surface area contributed by atoms with Gasteiger partial charge >= 0.3 is 0 Å². The third-order valence-electron chi connectivity index (χ3n) is 3.59. The van der Waals surface area contributed by atoms with E-state index in [9.17, 15) is 0 Å². The number of nitrogens with zero attached hydrogens (tertiary/aromatic N) is 3. The molecule has 1 N–H and O–H groups in total. The molecule has 4 aromatic rings. The fraction of sp³-hybridized carbons (Fsp3) is 0.0556. The lowest BCUT2D eigenvalue weighted by molar-refractivity contribution is 1.06. The molecule has 0 bridgehead atoms. The molecular formula is C18H13ClN4S. The van der Waals surface area contributed by atoms with Gasteiger partial charge in [-0.15, -0.1) is 11.3 Å². The van der Waals surface area contributed by atoms with Gasteiger partial charge in [-0.05, 0) is 23.8 Å². The van der Waals surface area contributed by atoms with Gasteiger partial charge in [0, 0.05) is 17.0 Å². The van der Waals surface area contributed by atoms with Crippen LogP contribution in [0.2, 0.25) is 5.15 Å². The first kappa shape index (κ1) is 15.1. The summed E-state index contributed by atoms with van der Waals surface area (Å²) >= 11 is 7.50. The molecule has 0 aliphatic rings. The molecule has 0 radical (unpaired) electrons. The van der Waals surface area contributed by atoms with Crippen molar-refractivity contribution in [1.82, 2.24) is 15.0 Å². The molecule has 0 amide bonds. The van der Waals surface area contributed by atoms with Crippen LogP contribution in [0.4, 0.5) is 10.9 Å². The topological polar surface area (TPSA) is 50.7 Å². The zero-order valence-corrected chi connectivity index (χ0v) is 14.4. The van der Waals surface area contributed by atoms with Gasteiger partial charge in [-0.1, -0.05) is 48.0 Å². The summed E-state index contributed by atoms with van der Waals surface area (Å²) in [5.74, 6) is 1.27. The number of aromatic nitrogens is 3. The lowest BCUT2D eigenvalue weighted by Gasteiger charge is -2.03. The largest absolute Gasteiger partial charge is 0.316 e. The number of aryl methyl sites for hydroxylation is 1. The van der Waals surface area contributed by atoms with Crippen LogP contribution < -0.4 is 5.32 Å². The molecule has 0 saturated heterocycles. The van der Waals surface area contributed by atoms with Gasteiger partial charge in [0.05, 0.1) is 5.69 Å². The minimum absolute atomic E-state index is 0.413. The number of fused-ring (bicyclic) bond motifs is 1. The molecule has 0 fully saturated rings. The Bertz CT molecular complexity index is 1010. The van der Waals surface area contributed by atoms with E-state index in [0.717, 1.165) is 16.4 Å². The number of rotatable bonds is 3. The lowest BCUT2D eigenvalue weighted by Crippen LogP contribution is -1.96. The summed E-state index contributed by atoms with van der Waals surface area (Å²) in [4.78, 5) is 13.0. The van der Waals surface area contributed by atoms with Crippen molar-refractivity contribution in [3.8, 4) is 11.3 Å². The molecule has 24 heavy (non-hydrogen) atoms. The minimum atomic E-state index is 0.413. The Morgan fingerprint density at radius 3 is 2.62 bits per heavy atom. The third-order valence-corrected chi connectivity index (χ3v) is 4.54. The summed E-state index contributed by atoms with van der Waals surface area (Å²) in [6.45, 7) is 1.80. The standard InChI is InChI=1S/C18H13ClN4S/c1-11-20-16(19)9-17(21-11)23-18-22-15(10-24-18)14-7-6-12-4-2-3-5-13(12)8-14/h2-10H,1H3,(H,20,21,22,23). The Morgan fingerprint density at radius 1 is 0.958 bits per heavy atom. The van der Waals surface area contributed by atoms with Crippen molar-refractivity contribution in [2.75, 3.05) is 5.32 Å². The zero-order valence-electron chi connectivity index (χ0n) is 12.8. The van der Waals surface area contributed by atoms with E-state index in [1.54, 1.807) is 13.0 Å². The SMILES string of the molecule is Cc1nc(Cl)cc(Nc2nc(-c3ccc4ccccc4c3)cs2)n1. The molecule has 0 atom stereocenters. The predicted molar refractivity (Wildman–Crippen MR) is 100 cm³/mol. The zero-order chi connectivity index (χ0) is 16.5. The first-order valence-corrected chi connectivity index (χ1v) is 8.66. The van der Waals surface area contributed by atoms with Crippen molar-refractivity contribution >= 4 is 44.7 Å². The Kier molecular flexibility index (Phi) is 3.88. The van der Waals surface area contributed by atoms with Gasteiger partial charge in [0.1, 0.15) is 16.8 Å². The van der Waals surface area contributed by atoms with Gasteiger partial charge in [0.15, 0.2) is 5.13 Å². The molecule has 2 aromatic heterocycles. The average molecular weight is 353 g/mol. The second-order valence-corrected chi connectivity index (χ2v) is 6.59. The van der Waals surface area contributed by atoms with Gasteiger partial charge in [-0.2, -0.15) is 0 Å². The van der Waals surface area contributed by atoms with Crippen molar-refractivity contribution in [3.05, 3.63) is 64.9 Å². The molecule has 0 aliphatic heterocycles. The number of hydrogen-bond donors (Lipinski definition) is 1. The molecule has 118 valence electrons.